The number of hydrogen-bond acceptors (Lipinski definition) is 4. The van der Waals surface area contributed by atoms with Crippen molar-refractivity contribution in [1.29, 1.82) is 0 Å². The third-order valence-electron chi connectivity index (χ3n) is 4.56. The molecule has 1 aliphatic heterocycles. The van der Waals surface area contributed by atoms with Crippen molar-refractivity contribution < 1.29 is 14.1 Å². The number of nitro groups is 1. The van der Waals surface area contributed by atoms with E-state index in [-0.39, 0.29) is 11.6 Å². The zero-order chi connectivity index (χ0) is 19.0. The Kier molecular flexibility index (Phi) is 4.08. The molecule has 0 N–H and O–H groups in total. The maximum atomic E-state index is 12.7. The molecule has 4 rings (SSSR count). The van der Waals surface area contributed by atoms with Gasteiger partial charge in [-0.2, -0.15) is 0 Å². The molecule has 6 nitrogen and oxygen atoms in total. The number of carbonyl (C=O) groups excluding carboxylic acids is 1. The van der Waals surface area contributed by atoms with Crippen LogP contribution in [0.5, 0.6) is 0 Å². The summed E-state index contributed by atoms with van der Waals surface area (Å²) in [5.74, 6) is 0.779. The number of para-hydroxylation sites is 2. The van der Waals surface area contributed by atoms with E-state index in [1.807, 2.05) is 31.2 Å². The van der Waals surface area contributed by atoms with Crippen LogP contribution < -0.4 is 4.90 Å². The fourth-order valence-corrected chi connectivity index (χ4v) is 3.32. The summed E-state index contributed by atoms with van der Waals surface area (Å²) in [5, 5.41) is 11.2. The highest BCUT2D eigenvalue weighted by atomic mass is 16.6. The minimum absolute atomic E-state index is 0.0227. The Morgan fingerprint density at radius 1 is 1.04 bits per heavy atom. The van der Waals surface area contributed by atoms with Gasteiger partial charge in [-0.3, -0.25) is 14.9 Å². The van der Waals surface area contributed by atoms with Crippen LogP contribution in [0.3, 0.4) is 0 Å². The molecule has 0 aliphatic carbocycles. The van der Waals surface area contributed by atoms with Crippen molar-refractivity contribution in [2.75, 3.05) is 11.4 Å². The lowest BCUT2D eigenvalue weighted by Crippen LogP contribution is -2.25. The van der Waals surface area contributed by atoms with E-state index >= 15 is 0 Å². The standard InChI is InChI=1S/C21H16N2O4/c1-2-22-18-9-5-3-7-15(18)17(21(22)24)13-14-11-12-20(27-14)16-8-4-6-10-19(16)23(25)26/h3-13H,2H2,1H3/b17-13-. The summed E-state index contributed by atoms with van der Waals surface area (Å²) in [4.78, 5) is 25.3. The van der Waals surface area contributed by atoms with Crippen molar-refractivity contribution in [1.82, 2.24) is 0 Å². The predicted molar refractivity (Wildman–Crippen MR) is 103 cm³/mol. The Morgan fingerprint density at radius 3 is 2.48 bits per heavy atom. The summed E-state index contributed by atoms with van der Waals surface area (Å²) in [6.07, 6.45) is 1.69. The van der Waals surface area contributed by atoms with Crippen LogP contribution in [0.15, 0.2) is 65.1 Å². The van der Waals surface area contributed by atoms with Gasteiger partial charge in [-0.25, -0.2) is 0 Å². The first-order chi connectivity index (χ1) is 13.1. The lowest BCUT2D eigenvalue weighted by Gasteiger charge is -2.13. The largest absolute Gasteiger partial charge is 0.456 e. The Balaban J connectivity index is 1.75. The molecule has 0 saturated carbocycles. The quantitative estimate of drug-likeness (QED) is 0.382. The van der Waals surface area contributed by atoms with Gasteiger partial charge in [-0.05, 0) is 37.3 Å². The first-order valence-electron chi connectivity index (χ1n) is 8.56. The Bertz CT molecular complexity index is 1080. The van der Waals surface area contributed by atoms with Gasteiger partial charge in [-0.15, -0.1) is 0 Å². The summed E-state index contributed by atoms with van der Waals surface area (Å²) in [7, 11) is 0. The summed E-state index contributed by atoms with van der Waals surface area (Å²) >= 11 is 0. The number of fused-ring (bicyclic) bond motifs is 1. The lowest BCUT2D eigenvalue weighted by atomic mass is 10.1. The summed E-state index contributed by atoms with van der Waals surface area (Å²) in [6, 6.07) is 17.4. The average Bonchev–Trinajstić information content (AvgIpc) is 3.25. The van der Waals surface area contributed by atoms with Gasteiger partial charge in [-0.1, -0.05) is 30.3 Å². The third-order valence-corrected chi connectivity index (χ3v) is 4.56. The minimum atomic E-state index is -0.439. The molecule has 0 atom stereocenters. The van der Waals surface area contributed by atoms with Gasteiger partial charge in [0, 0.05) is 18.2 Å². The molecule has 0 saturated heterocycles. The first-order valence-corrected chi connectivity index (χ1v) is 8.56. The Hall–Kier alpha value is -3.67. The van der Waals surface area contributed by atoms with E-state index in [9.17, 15) is 14.9 Å². The highest BCUT2D eigenvalue weighted by molar-refractivity contribution is 6.35. The van der Waals surface area contributed by atoms with E-state index in [0.29, 0.717) is 29.2 Å². The Labute approximate surface area is 155 Å². The van der Waals surface area contributed by atoms with Gasteiger partial charge in [0.15, 0.2) is 0 Å². The van der Waals surface area contributed by atoms with Gasteiger partial charge >= 0.3 is 0 Å². The number of carbonyl (C=O) groups is 1. The molecule has 2 aromatic carbocycles. The van der Waals surface area contributed by atoms with E-state index in [2.05, 4.69) is 0 Å². The fourth-order valence-electron chi connectivity index (χ4n) is 3.32. The number of benzene rings is 2. The lowest BCUT2D eigenvalue weighted by molar-refractivity contribution is -0.384. The van der Waals surface area contributed by atoms with Crippen LogP contribution in [-0.2, 0) is 4.79 Å². The highest BCUT2D eigenvalue weighted by Crippen LogP contribution is 2.38. The molecule has 1 aliphatic rings. The van der Waals surface area contributed by atoms with Crippen molar-refractivity contribution in [2.24, 2.45) is 0 Å². The van der Waals surface area contributed by atoms with Gasteiger partial charge in [0.2, 0.25) is 0 Å². The molecule has 3 aromatic rings. The van der Waals surface area contributed by atoms with E-state index in [1.165, 1.54) is 6.07 Å². The summed E-state index contributed by atoms with van der Waals surface area (Å²) in [6.45, 7) is 2.50. The number of furan rings is 1. The van der Waals surface area contributed by atoms with Crippen LogP contribution in [0.4, 0.5) is 11.4 Å². The molecule has 0 unspecified atom stereocenters. The molecule has 134 valence electrons. The molecule has 1 aromatic heterocycles. The van der Waals surface area contributed by atoms with Gasteiger partial charge < -0.3 is 9.32 Å². The molecular formula is C21H16N2O4. The number of amides is 1. The third kappa shape index (κ3) is 2.81. The molecule has 0 bridgehead atoms. The van der Waals surface area contributed by atoms with Crippen LogP contribution >= 0.6 is 0 Å². The zero-order valence-electron chi connectivity index (χ0n) is 14.6. The van der Waals surface area contributed by atoms with Crippen molar-refractivity contribution in [3.05, 3.63) is 82.1 Å². The van der Waals surface area contributed by atoms with Crippen LogP contribution in [0.25, 0.3) is 23.0 Å². The van der Waals surface area contributed by atoms with Crippen molar-refractivity contribution in [3.8, 4) is 11.3 Å². The van der Waals surface area contributed by atoms with Gasteiger partial charge in [0.1, 0.15) is 11.5 Å². The smallest absolute Gasteiger partial charge is 0.280 e. The fraction of sp³-hybridized carbons (Fsp3) is 0.0952. The van der Waals surface area contributed by atoms with Crippen molar-refractivity contribution >= 4 is 28.9 Å². The van der Waals surface area contributed by atoms with E-state index in [4.69, 9.17) is 4.42 Å². The molecule has 1 amide bonds. The van der Waals surface area contributed by atoms with Gasteiger partial charge in [0.05, 0.1) is 21.7 Å². The van der Waals surface area contributed by atoms with Crippen LogP contribution in [0, 0.1) is 10.1 Å². The topological polar surface area (TPSA) is 76.6 Å². The van der Waals surface area contributed by atoms with Crippen molar-refractivity contribution in [3.63, 3.8) is 0 Å². The molecule has 0 fully saturated rings. The minimum Gasteiger partial charge on any atom is -0.456 e. The molecular weight excluding hydrogens is 344 g/mol. The molecule has 6 heteroatoms. The predicted octanol–water partition coefficient (Wildman–Crippen LogP) is 4.76. The van der Waals surface area contributed by atoms with E-state index < -0.39 is 4.92 Å². The summed E-state index contributed by atoms with van der Waals surface area (Å²) in [5.41, 5.74) is 2.66. The maximum absolute atomic E-state index is 12.7. The number of nitro benzene ring substituents is 1. The van der Waals surface area contributed by atoms with E-state index in [1.54, 1.807) is 41.3 Å². The van der Waals surface area contributed by atoms with Crippen LogP contribution in [0.1, 0.15) is 18.2 Å². The molecule has 0 radical (unpaired) electrons. The maximum Gasteiger partial charge on any atom is 0.280 e. The number of likely N-dealkylation sites (N-methyl/N-ethyl adjacent to an activating group) is 1. The number of nitrogens with zero attached hydrogens (tertiary/aromatic N) is 2. The SMILES string of the molecule is CCN1C(=O)/C(=C\c2ccc(-c3ccccc3[N+](=O)[O-])o2)c2ccccc21. The van der Waals surface area contributed by atoms with Crippen molar-refractivity contribution in [2.45, 2.75) is 6.92 Å². The normalized spacial score (nSPS) is 14.6. The average molecular weight is 360 g/mol. The highest BCUT2D eigenvalue weighted by Gasteiger charge is 2.31. The first kappa shape index (κ1) is 16.8. The number of anilines is 1. The molecule has 2 heterocycles. The number of hydrogen-bond donors (Lipinski definition) is 0. The van der Waals surface area contributed by atoms with Crippen LogP contribution in [0.2, 0.25) is 0 Å². The second-order valence-electron chi connectivity index (χ2n) is 6.10. The zero-order valence-corrected chi connectivity index (χ0v) is 14.6. The second-order valence-corrected chi connectivity index (χ2v) is 6.10. The van der Waals surface area contributed by atoms with Crippen LogP contribution in [-0.4, -0.2) is 17.4 Å². The monoisotopic (exact) mass is 360 g/mol. The molecule has 0 spiro atoms. The van der Waals surface area contributed by atoms with E-state index in [0.717, 1.165) is 11.3 Å². The number of rotatable bonds is 4. The molecule has 27 heavy (non-hydrogen) atoms. The Morgan fingerprint density at radius 2 is 1.74 bits per heavy atom. The second kappa shape index (κ2) is 6.57. The van der Waals surface area contributed by atoms with Gasteiger partial charge in [0.25, 0.3) is 11.6 Å². The summed E-state index contributed by atoms with van der Waals surface area (Å²) < 4.78 is 5.80.